The maximum atomic E-state index is 13.3. The number of nitrogens with zero attached hydrogens (tertiary/aromatic N) is 1. The van der Waals surface area contributed by atoms with Gasteiger partial charge in [0.15, 0.2) is 0 Å². The second-order valence-corrected chi connectivity index (χ2v) is 5.26. The molecule has 0 radical (unpaired) electrons. The van der Waals surface area contributed by atoms with Gasteiger partial charge in [0.1, 0.15) is 5.82 Å². The van der Waals surface area contributed by atoms with E-state index in [1.165, 1.54) is 12.1 Å². The Kier molecular flexibility index (Phi) is 4.88. The van der Waals surface area contributed by atoms with Crippen molar-refractivity contribution in [3.8, 4) is 0 Å². The fraction of sp³-hybridized carbons (Fsp3) is 0.200. The first-order valence-corrected chi connectivity index (χ1v) is 6.76. The second kappa shape index (κ2) is 6.65. The number of rotatable bonds is 5. The summed E-state index contributed by atoms with van der Waals surface area (Å²) in [7, 11) is 0. The lowest BCUT2D eigenvalue weighted by atomic mass is 9.98. The molecule has 0 aliphatic carbocycles. The quantitative estimate of drug-likeness (QED) is 0.679. The van der Waals surface area contributed by atoms with Gasteiger partial charge >= 0.3 is 0 Å². The van der Waals surface area contributed by atoms with Gasteiger partial charge in [-0.1, -0.05) is 23.7 Å². The van der Waals surface area contributed by atoms with Gasteiger partial charge in [-0.3, -0.25) is 10.1 Å². The van der Waals surface area contributed by atoms with Crippen molar-refractivity contribution in [1.82, 2.24) is 0 Å². The highest BCUT2D eigenvalue weighted by Gasteiger charge is 2.17. The molecular formula is C15H14ClFN2O2. The van der Waals surface area contributed by atoms with Crippen molar-refractivity contribution in [1.29, 1.82) is 0 Å². The maximum Gasteiger partial charge on any atom is 0.272 e. The number of nitro groups is 1. The lowest BCUT2D eigenvalue weighted by molar-refractivity contribution is -0.385. The van der Waals surface area contributed by atoms with Crippen LogP contribution < -0.4 is 5.73 Å². The van der Waals surface area contributed by atoms with E-state index in [0.29, 0.717) is 17.0 Å². The van der Waals surface area contributed by atoms with Crippen molar-refractivity contribution >= 4 is 17.3 Å². The van der Waals surface area contributed by atoms with Gasteiger partial charge in [-0.2, -0.15) is 0 Å². The molecule has 2 aromatic rings. The van der Waals surface area contributed by atoms with Crippen molar-refractivity contribution in [3.63, 3.8) is 0 Å². The third-order valence-electron chi connectivity index (χ3n) is 3.13. The van der Waals surface area contributed by atoms with Gasteiger partial charge in [0, 0.05) is 22.7 Å². The van der Waals surface area contributed by atoms with Gasteiger partial charge in [0.2, 0.25) is 0 Å². The summed E-state index contributed by atoms with van der Waals surface area (Å²) in [5.74, 6) is -0.505. The molecule has 0 bridgehead atoms. The van der Waals surface area contributed by atoms with Crippen molar-refractivity contribution in [3.05, 3.63) is 74.5 Å². The van der Waals surface area contributed by atoms with Crippen LogP contribution >= 0.6 is 11.6 Å². The summed E-state index contributed by atoms with van der Waals surface area (Å²) in [5, 5.41) is 11.6. The number of halogens is 2. The largest absolute Gasteiger partial charge is 0.327 e. The lowest BCUT2D eigenvalue weighted by Gasteiger charge is -2.12. The van der Waals surface area contributed by atoms with Crippen LogP contribution in [0.25, 0.3) is 0 Å². The summed E-state index contributed by atoms with van der Waals surface area (Å²) < 4.78 is 13.3. The van der Waals surface area contributed by atoms with Crippen LogP contribution in [0, 0.1) is 15.9 Å². The molecule has 0 aromatic heterocycles. The summed E-state index contributed by atoms with van der Waals surface area (Å²) in [5.41, 5.74) is 7.19. The van der Waals surface area contributed by atoms with Gasteiger partial charge in [-0.05, 0) is 42.7 Å². The number of nitrogens with two attached hydrogens (primary N) is 1. The zero-order chi connectivity index (χ0) is 15.4. The minimum Gasteiger partial charge on any atom is -0.327 e. The van der Waals surface area contributed by atoms with Crippen LogP contribution in [0.5, 0.6) is 0 Å². The van der Waals surface area contributed by atoms with Crippen LogP contribution in [0.15, 0.2) is 42.5 Å². The first-order valence-electron chi connectivity index (χ1n) is 6.38. The fourth-order valence-electron chi connectivity index (χ4n) is 2.17. The van der Waals surface area contributed by atoms with Gasteiger partial charge < -0.3 is 5.73 Å². The average Bonchev–Trinajstić information content (AvgIpc) is 2.41. The highest BCUT2D eigenvalue weighted by Crippen LogP contribution is 2.21. The Morgan fingerprint density at radius 3 is 2.48 bits per heavy atom. The number of hydrogen-bond acceptors (Lipinski definition) is 3. The Balaban J connectivity index is 2.12. The van der Waals surface area contributed by atoms with E-state index in [0.717, 1.165) is 11.6 Å². The Morgan fingerprint density at radius 1 is 1.19 bits per heavy atom. The lowest BCUT2D eigenvalue weighted by Crippen LogP contribution is -2.26. The molecule has 0 spiro atoms. The monoisotopic (exact) mass is 308 g/mol. The Bertz CT molecular complexity index is 647. The first-order chi connectivity index (χ1) is 9.95. The SMILES string of the molecule is NC(Cc1ccc(Cl)cc1)Cc1cc(F)ccc1[N+](=O)[O-]. The summed E-state index contributed by atoms with van der Waals surface area (Å²) in [6.07, 6.45) is 0.765. The molecule has 4 nitrogen and oxygen atoms in total. The average molecular weight is 309 g/mol. The third-order valence-corrected chi connectivity index (χ3v) is 3.38. The molecule has 0 fully saturated rings. The van der Waals surface area contributed by atoms with E-state index in [9.17, 15) is 14.5 Å². The van der Waals surface area contributed by atoms with Gasteiger partial charge in [-0.25, -0.2) is 4.39 Å². The van der Waals surface area contributed by atoms with Crippen LogP contribution in [0.2, 0.25) is 5.02 Å². The molecule has 1 atom stereocenters. The molecule has 21 heavy (non-hydrogen) atoms. The minimum atomic E-state index is -0.524. The van der Waals surface area contributed by atoms with E-state index in [4.69, 9.17) is 17.3 Å². The molecule has 0 heterocycles. The smallest absolute Gasteiger partial charge is 0.272 e. The molecule has 0 aliphatic rings. The zero-order valence-electron chi connectivity index (χ0n) is 11.1. The number of hydrogen-bond donors (Lipinski definition) is 1. The Hall–Kier alpha value is -1.98. The second-order valence-electron chi connectivity index (χ2n) is 4.82. The van der Waals surface area contributed by atoms with E-state index < -0.39 is 10.7 Å². The van der Waals surface area contributed by atoms with Gasteiger partial charge in [0.05, 0.1) is 4.92 Å². The summed E-state index contributed by atoms with van der Waals surface area (Å²) in [4.78, 5) is 10.4. The predicted octanol–water partition coefficient (Wildman–Crippen LogP) is 3.50. The van der Waals surface area contributed by atoms with Crippen LogP contribution in [0.4, 0.5) is 10.1 Å². The van der Waals surface area contributed by atoms with E-state index in [-0.39, 0.29) is 18.2 Å². The minimum absolute atomic E-state index is 0.108. The molecule has 0 amide bonds. The molecule has 0 aliphatic heterocycles. The first kappa shape index (κ1) is 15.4. The van der Waals surface area contributed by atoms with Crippen molar-refractivity contribution in [2.75, 3.05) is 0 Å². The van der Waals surface area contributed by atoms with Crippen molar-refractivity contribution in [2.45, 2.75) is 18.9 Å². The van der Waals surface area contributed by atoms with Gasteiger partial charge in [-0.15, -0.1) is 0 Å². The summed E-state index contributed by atoms with van der Waals surface area (Å²) in [6, 6.07) is 10.3. The Labute approximate surface area is 126 Å². The third kappa shape index (κ3) is 4.24. The van der Waals surface area contributed by atoms with E-state index >= 15 is 0 Å². The van der Waals surface area contributed by atoms with Crippen molar-refractivity contribution < 1.29 is 9.31 Å². The molecule has 0 saturated heterocycles. The Morgan fingerprint density at radius 2 is 1.86 bits per heavy atom. The molecule has 0 saturated carbocycles. The van der Waals surface area contributed by atoms with Crippen LogP contribution in [0.3, 0.4) is 0 Å². The summed E-state index contributed by atoms with van der Waals surface area (Å²) in [6.45, 7) is 0. The molecule has 1 unspecified atom stereocenters. The molecule has 110 valence electrons. The maximum absolute atomic E-state index is 13.3. The van der Waals surface area contributed by atoms with Crippen LogP contribution in [0.1, 0.15) is 11.1 Å². The van der Waals surface area contributed by atoms with E-state index in [1.54, 1.807) is 12.1 Å². The topological polar surface area (TPSA) is 69.2 Å². The van der Waals surface area contributed by atoms with Gasteiger partial charge in [0.25, 0.3) is 5.69 Å². The van der Waals surface area contributed by atoms with E-state index in [2.05, 4.69) is 0 Å². The van der Waals surface area contributed by atoms with Crippen LogP contribution in [-0.2, 0) is 12.8 Å². The normalized spacial score (nSPS) is 12.1. The van der Waals surface area contributed by atoms with E-state index in [1.807, 2.05) is 12.1 Å². The van der Waals surface area contributed by atoms with Crippen LogP contribution in [-0.4, -0.2) is 11.0 Å². The number of nitro benzene ring substituents is 1. The summed E-state index contributed by atoms with van der Waals surface area (Å²) >= 11 is 5.80. The molecule has 6 heteroatoms. The standard InChI is InChI=1S/C15H14ClFN2O2/c16-12-3-1-10(2-4-12)7-14(18)9-11-8-13(17)5-6-15(11)19(20)21/h1-6,8,14H,7,9,18H2. The highest BCUT2D eigenvalue weighted by atomic mass is 35.5. The molecule has 2 N–H and O–H groups in total. The molecule has 2 rings (SSSR count). The molecule has 2 aromatic carbocycles. The van der Waals surface area contributed by atoms with Crippen molar-refractivity contribution in [2.24, 2.45) is 5.73 Å². The number of benzene rings is 2. The zero-order valence-corrected chi connectivity index (χ0v) is 11.9. The highest BCUT2D eigenvalue weighted by molar-refractivity contribution is 6.30. The fourth-order valence-corrected chi connectivity index (χ4v) is 2.30. The predicted molar refractivity (Wildman–Crippen MR) is 79.9 cm³/mol. The molecular weight excluding hydrogens is 295 g/mol.